The summed E-state index contributed by atoms with van der Waals surface area (Å²) in [5, 5.41) is 16.4. The molecule has 1 aliphatic heterocycles. The molecule has 0 aliphatic carbocycles. The van der Waals surface area contributed by atoms with Gasteiger partial charge in [0.25, 0.3) is 5.91 Å². The van der Waals surface area contributed by atoms with Gasteiger partial charge in [0.1, 0.15) is 6.54 Å². The highest BCUT2D eigenvalue weighted by molar-refractivity contribution is 5.96. The van der Waals surface area contributed by atoms with Crippen molar-refractivity contribution in [3.8, 4) is 0 Å². The maximum Gasteiger partial charge on any atom is 0.358 e. The van der Waals surface area contributed by atoms with Crippen LogP contribution >= 0.6 is 0 Å². The number of likely N-dealkylation sites (tertiary alicyclic amines) is 1. The Labute approximate surface area is 115 Å². The molecule has 0 unspecified atom stereocenters. The van der Waals surface area contributed by atoms with Crippen LogP contribution in [-0.4, -0.2) is 49.3 Å². The number of hydrogen-bond donors (Lipinski definition) is 1. The van der Waals surface area contributed by atoms with Crippen molar-refractivity contribution in [2.45, 2.75) is 39.2 Å². The Kier molecular flexibility index (Phi) is 3.82. The predicted molar refractivity (Wildman–Crippen MR) is 67.0 cm³/mol. The molecule has 1 saturated heterocycles. The summed E-state index contributed by atoms with van der Waals surface area (Å²) in [4.78, 5) is 35.8. The number of imide groups is 1. The van der Waals surface area contributed by atoms with Gasteiger partial charge in [-0.2, -0.15) is 0 Å². The molecule has 0 atom stereocenters. The van der Waals surface area contributed by atoms with Crippen LogP contribution in [0.3, 0.4) is 0 Å². The number of rotatable bonds is 4. The maximum atomic E-state index is 12.0. The van der Waals surface area contributed by atoms with Crippen LogP contribution in [0.25, 0.3) is 0 Å². The smallest absolute Gasteiger partial charge is 0.358 e. The number of amides is 2. The van der Waals surface area contributed by atoms with Gasteiger partial charge >= 0.3 is 5.97 Å². The van der Waals surface area contributed by atoms with E-state index in [0.29, 0.717) is 25.1 Å². The fraction of sp³-hybridized carbons (Fsp3) is 0.583. The normalized spacial score (nSPS) is 15.2. The van der Waals surface area contributed by atoms with Crippen molar-refractivity contribution < 1.29 is 19.5 Å². The summed E-state index contributed by atoms with van der Waals surface area (Å²) in [5.74, 6) is -1.89. The van der Waals surface area contributed by atoms with Gasteiger partial charge in [0.2, 0.25) is 5.91 Å². The number of hydrogen-bond acceptors (Lipinski definition) is 5. The van der Waals surface area contributed by atoms with Crippen molar-refractivity contribution in [3.63, 3.8) is 0 Å². The largest absolute Gasteiger partial charge is 0.476 e. The third-order valence-corrected chi connectivity index (χ3v) is 3.18. The van der Waals surface area contributed by atoms with Crippen molar-refractivity contribution in [2.75, 3.05) is 6.54 Å². The summed E-state index contributed by atoms with van der Waals surface area (Å²) in [6.07, 6.45) is 1.04. The molecule has 1 N–H and O–H groups in total. The van der Waals surface area contributed by atoms with E-state index in [-0.39, 0.29) is 30.0 Å². The molecule has 1 aromatic heterocycles. The standard InChI is InChI=1S/C12H16N4O4/c1-7(2)11-10(12(19)20)13-14-16(11)6-9(18)15-5-3-4-8(15)17/h7H,3-6H2,1-2H3,(H,19,20). The van der Waals surface area contributed by atoms with Crippen LogP contribution in [-0.2, 0) is 16.1 Å². The van der Waals surface area contributed by atoms with Crippen molar-refractivity contribution in [1.82, 2.24) is 19.9 Å². The Morgan fingerprint density at radius 1 is 1.40 bits per heavy atom. The molecular formula is C12H16N4O4. The third kappa shape index (κ3) is 2.54. The minimum atomic E-state index is -1.18. The van der Waals surface area contributed by atoms with Crippen LogP contribution in [0.1, 0.15) is 48.8 Å². The Morgan fingerprint density at radius 3 is 2.60 bits per heavy atom. The molecule has 108 valence electrons. The zero-order valence-electron chi connectivity index (χ0n) is 11.4. The molecule has 2 amide bonds. The number of carboxylic acid groups (broad SMARTS) is 1. The lowest BCUT2D eigenvalue weighted by molar-refractivity contribution is -0.142. The van der Waals surface area contributed by atoms with Crippen LogP contribution < -0.4 is 0 Å². The highest BCUT2D eigenvalue weighted by Gasteiger charge is 2.29. The summed E-state index contributed by atoms with van der Waals surface area (Å²) < 4.78 is 1.27. The van der Waals surface area contributed by atoms with Gasteiger partial charge < -0.3 is 5.11 Å². The molecular weight excluding hydrogens is 264 g/mol. The van der Waals surface area contributed by atoms with Crippen LogP contribution in [0.2, 0.25) is 0 Å². The van der Waals surface area contributed by atoms with E-state index < -0.39 is 5.97 Å². The van der Waals surface area contributed by atoms with E-state index in [1.165, 1.54) is 9.58 Å². The Hall–Kier alpha value is -2.25. The average molecular weight is 280 g/mol. The van der Waals surface area contributed by atoms with Crippen LogP contribution in [0.4, 0.5) is 0 Å². The number of carboxylic acids is 1. The molecule has 2 rings (SSSR count). The molecule has 2 heterocycles. The third-order valence-electron chi connectivity index (χ3n) is 3.18. The molecule has 8 heteroatoms. The molecule has 0 spiro atoms. The van der Waals surface area contributed by atoms with Crippen molar-refractivity contribution in [2.24, 2.45) is 0 Å². The zero-order valence-corrected chi connectivity index (χ0v) is 11.4. The summed E-state index contributed by atoms with van der Waals surface area (Å²) in [6.45, 7) is 3.84. The number of carbonyl (C=O) groups is 3. The second-order valence-electron chi connectivity index (χ2n) is 4.98. The molecule has 8 nitrogen and oxygen atoms in total. The van der Waals surface area contributed by atoms with E-state index >= 15 is 0 Å². The van der Waals surface area contributed by atoms with E-state index in [1.807, 2.05) is 0 Å². The lowest BCUT2D eigenvalue weighted by Crippen LogP contribution is -2.35. The van der Waals surface area contributed by atoms with Gasteiger partial charge in [0.15, 0.2) is 5.69 Å². The summed E-state index contributed by atoms with van der Waals surface area (Å²) in [5.41, 5.74) is 0.234. The summed E-state index contributed by atoms with van der Waals surface area (Å²) in [6, 6.07) is 0. The maximum absolute atomic E-state index is 12.0. The highest BCUT2D eigenvalue weighted by Crippen LogP contribution is 2.18. The van der Waals surface area contributed by atoms with Crippen LogP contribution in [0, 0.1) is 0 Å². The van der Waals surface area contributed by atoms with Crippen molar-refractivity contribution >= 4 is 17.8 Å². The first-order valence-electron chi connectivity index (χ1n) is 6.41. The Morgan fingerprint density at radius 2 is 2.10 bits per heavy atom. The topological polar surface area (TPSA) is 105 Å². The monoisotopic (exact) mass is 280 g/mol. The van der Waals surface area contributed by atoms with Crippen molar-refractivity contribution in [3.05, 3.63) is 11.4 Å². The lowest BCUT2D eigenvalue weighted by Gasteiger charge is -2.15. The molecule has 0 saturated carbocycles. The fourth-order valence-electron chi connectivity index (χ4n) is 2.29. The first-order chi connectivity index (χ1) is 9.41. The number of aromatic nitrogens is 3. The van der Waals surface area contributed by atoms with Crippen LogP contribution in [0.5, 0.6) is 0 Å². The van der Waals surface area contributed by atoms with E-state index in [0.717, 1.165) is 0 Å². The minimum Gasteiger partial charge on any atom is -0.476 e. The molecule has 0 radical (unpaired) electrons. The molecule has 0 bridgehead atoms. The first-order valence-corrected chi connectivity index (χ1v) is 6.41. The van der Waals surface area contributed by atoms with Crippen LogP contribution in [0.15, 0.2) is 0 Å². The van der Waals surface area contributed by atoms with Gasteiger partial charge in [0.05, 0.1) is 5.69 Å². The van der Waals surface area contributed by atoms with Gasteiger partial charge in [-0.15, -0.1) is 5.10 Å². The second-order valence-corrected chi connectivity index (χ2v) is 4.98. The zero-order chi connectivity index (χ0) is 14.9. The predicted octanol–water partition coefficient (Wildman–Crippen LogP) is 0.249. The van der Waals surface area contributed by atoms with E-state index in [1.54, 1.807) is 13.8 Å². The van der Waals surface area contributed by atoms with Gasteiger partial charge in [0, 0.05) is 13.0 Å². The summed E-state index contributed by atoms with van der Waals surface area (Å²) >= 11 is 0. The van der Waals surface area contributed by atoms with Gasteiger partial charge in [-0.3, -0.25) is 14.5 Å². The molecule has 20 heavy (non-hydrogen) atoms. The fourth-order valence-corrected chi connectivity index (χ4v) is 2.29. The first kappa shape index (κ1) is 14.2. The number of nitrogens with zero attached hydrogens (tertiary/aromatic N) is 4. The van der Waals surface area contributed by atoms with Gasteiger partial charge in [-0.1, -0.05) is 19.1 Å². The Balaban J connectivity index is 2.23. The SMILES string of the molecule is CC(C)c1c(C(=O)O)nnn1CC(=O)N1CCCC1=O. The van der Waals surface area contributed by atoms with Gasteiger partial charge in [-0.25, -0.2) is 9.48 Å². The average Bonchev–Trinajstić information content (AvgIpc) is 2.95. The van der Waals surface area contributed by atoms with E-state index in [4.69, 9.17) is 5.11 Å². The Bertz CT molecular complexity index is 564. The highest BCUT2D eigenvalue weighted by atomic mass is 16.4. The number of aromatic carboxylic acids is 1. The molecule has 0 aromatic carbocycles. The van der Waals surface area contributed by atoms with Gasteiger partial charge in [-0.05, 0) is 12.3 Å². The molecule has 1 aromatic rings. The second kappa shape index (κ2) is 5.40. The number of carbonyl (C=O) groups excluding carboxylic acids is 2. The molecule has 1 fully saturated rings. The van der Waals surface area contributed by atoms with Crippen molar-refractivity contribution in [1.29, 1.82) is 0 Å². The van der Waals surface area contributed by atoms with E-state index in [2.05, 4.69) is 10.3 Å². The lowest BCUT2D eigenvalue weighted by atomic mass is 10.1. The molecule has 1 aliphatic rings. The minimum absolute atomic E-state index is 0.141. The summed E-state index contributed by atoms with van der Waals surface area (Å²) in [7, 11) is 0. The van der Waals surface area contributed by atoms with E-state index in [9.17, 15) is 14.4 Å². The quantitative estimate of drug-likeness (QED) is 0.847.